The van der Waals surface area contributed by atoms with Crippen LogP contribution < -0.4 is 10.5 Å². The summed E-state index contributed by atoms with van der Waals surface area (Å²) in [4.78, 5) is 27.0. The largest absolute Gasteiger partial charge is 0.507 e. The van der Waals surface area contributed by atoms with E-state index in [1.165, 1.54) is 0 Å². The fourth-order valence-electron chi connectivity index (χ4n) is 2.66. The predicted octanol–water partition coefficient (Wildman–Crippen LogP) is 3.42. The van der Waals surface area contributed by atoms with Gasteiger partial charge in [-0.05, 0) is 69.7 Å². The van der Waals surface area contributed by atoms with Crippen LogP contribution in [0.5, 0.6) is 11.5 Å². The number of carbonyl (C=O) groups excluding carboxylic acids is 1. The van der Waals surface area contributed by atoms with Crippen molar-refractivity contribution in [2.45, 2.75) is 59.8 Å². The molecule has 4 N–H and O–H groups in total. The molecule has 0 aliphatic carbocycles. The maximum Gasteiger partial charge on any atom is 0.439 e. The number of hydrogen-bond donors (Lipinski definition) is 3. The van der Waals surface area contributed by atoms with E-state index in [2.05, 4.69) is 4.99 Å². The van der Waals surface area contributed by atoms with Crippen LogP contribution in [0.2, 0.25) is 0 Å². The summed E-state index contributed by atoms with van der Waals surface area (Å²) < 4.78 is 5.42. The monoisotopic (exact) mass is 364 g/mol. The number of ether oxygens (including phenoxy) is 1. The minimum atomic E-state index is -1.27. The zero-order valence-electron chi connectivity index (χ0n) is 15.9. The first-order valence-electron chi connectivity index (χ1n) is 8.78. The number of nitrogens with two attached hydrogens (primary N) is 1. The molecule has 0 atom stereocenters. The van der Waals surface area contributed by atoms with E-state index in [1.807, 2.05) is 6.92 Å². The number of aromatic hydroxyl groups is 1. The molecule has 144 valence electrons. The number of phenolic OH excluding ortho intramolecular Hbond substituents is 1. The first-order chi connectivity index (χ1) is 12.2. The Kier molecular flexibility index (Phi) is 8.25. The number of carbonyl (C=O) groups is 2. The number of nitrogens with zero attached hydrogens (tertiary/aromatic N) is 1. The molecular weight excluding hydrogens is 336 g/mol. The maximum atomic E-state index is 12.2. The van der Waals surface area contributed by atoms with Crippen LogP contribution in [0.3, 0.4) is 0 Å². The normalized spacial score (nSPS) is 11.5. The molecular formula is C19H28N2O5. The highest BCUT2D eigenvalue weighted by Gasteiger charge is 2.21. The quantitative estimate of drug-likeness (QED) is 0.607. The highest BCUT2D eigenvalue weighted by molar-refractivity contribution is 6.37. The van der Waals surface area contributed by atoms with E-state index in [0.29, 0.717) is 41.8 Å². The molecule has 0 bridgehead atoms. The van der Waals surface area contributed by atoms with E-state index in [0.717, 1.165) is 18.4 Å². The highest BCUT2D eigenvalue weighted by atomic mass is 16.5. The minimum absolute atomic E-state index is 0.0935. The van der Waals surface area contributed by atoms with Crippen LogP contribution in [0.25, 0.3) is 0 Å². The predicted molar refractivity (Wildman–Crippen MR) is 100 cm³/mol. The number of carboxylic acids is 1. The Morgan fingerprint density at radius 3 is 2.31 bits per heavy atom. The second-order valence-electron chi connectivity index (χ2n) is 6.26. The molecule has 1 rings (SSSR count). The number of aliphatic carboxylic acids is 1. The number of benzene rings is 1. The summed E-state index contributed by atoms with van der Waals surface area (Å²) in [6, 6.07) is 0. The van der Waals surface area contributed by atoms with Crippen molar-refractivity contribution in [2.75, 3.05) is 6.54 Å². The first-order valence-corrected chi connectivity index (χ1v) is 8.78. The van der Waals surface area contributed by atoms with Gasteiger partial charge in [-0.15, -0.1) is 0 Å². The van der Waals surface area contributed by atoms with E-state index in [-0.39, 0.29) is 17.9 Å². The summed E-state index contributed by atoms with van der Waals surface area (Å²) in [5.41, 5.74) is 7.77. The van der Waals surface area contributed by atoms with Crippen molar-refractivity contribution in [3.63, 3.8) is 0 Å². The number of phenols is 1. The molecule has 0 heterocycles. The Bertz CT molecular complexity index is 711. The third-order valence-electron chi connectivity index (χ3n) is 4.40. The SMILES string of the molecule is CCCCc1c(C)c(O)c(C)c(C)c1OC(=O)N=C(CCCN)C(=O)O. The first kappa shape index (κ1) is 21.6. The van der Waals surface area contributed by atoms with E-state index in [9.17, 15) is 14.7 Å². The zero-order chi connectivity index (χ0) is 19.9. The molecule has 1 aromatic rings. The lowest BCUT2D eigenvalue weighted by molar-refractivity contribution is -0.129. The molecule has 0 saturated heterocycles. The van der Waals surface area contributed by atoms with Crippen molar-refractivity contribution in [2.24, 2.45) is 10.7 Å². The average molecular weight is 364 g/mol. The van der Waals surface area contributed by atoms with Gasteiger partial charge in [0.1, 0.15) is 17.2 Å². The van der Waals surface area contributed by atoms with Gasteiger partial charge in [0.15, 0.2) is 0 Å². The van der Waals surface area contributed by atoms with Crippen molar-refractivity contribution < 1.29 is 24.5 Å². The average Bonchev–Trinajstić information content (AvgIpc) is 2.60. The number of amides is 1. The van der Waals surface area contributed by atoms with Crippen LogP contribution in [-0.2, 0) is 11.2 Å². The van der Waals surface area contributed by atoms with Crippen molar-refractivity contribution in [1.29, 1.82) is 0 Å². The molecule has 0 unspecified atom stereocenters. The molecule has 0 radical (unpaired) electrons. The highest BCUT2D eigenvalue weighted by Crippen LogP contribution is 2.38. The molecule has 0 aliphatic rings. The standard InChI is InChI=1S/C19H28N2O5/c1-5-6-8-14-13(4)16(22)11(2)12(3)17(14)26-19(25)21-15(18(23)24)9-7-10-20/h22H,5-10,20H2,1-4H3,(H,23,24). The fraction of sp³-hybridized carbons (Fsp3) is 0.526. The van der Waals surface area contributed by atoms with Gasteiger partial charge in [0, 0.05) is 5.56 Å². The number of rotatable bonds is 8. The second kappa shape index (κ2) is 9.91. The van der Waals surface area contributed by atoms with Crippen LogP contribution >= 0.6 is 0 Å². The third-order valence-corrected chi connectivity index (χ3v) is 4.40. The van der Waals surface area contributed by atoms with Crippen LogP contribution in [-0.4, -0.2) is 34.5 Å². The van der Waals surface area contributed by atoms with E-state index in [4.69, 9.17) is 15.6 Å². The lowest BCUT2D eigenvalue weighted by atomic mass is 9.94. The van der Waals surface area contributed by atoms with Gasteiger partial charge < -0.3 is 20.7 Å². The fourth-order valence-corrected chi connectivity index (χ4v) is 2.66. The van der Waals surface area contributed by atoms with Crippen molar-refractivity contribution in [3.05, 3.63) is 22.3 Å². The molecule has 0 aliphatic heterocycles. The smallest absolute Gasteiger partial charge is 0.439 e. The molecule has 0 fully saturated rings. The number of unbranched alkanes of at least 4 members (excludes halogenated alkanes) is 1. The van der Waals surface area contributed by atoms with E-state index < -0.39 is 12.1 Å². The lowest BCUT2D eigenvalue weighted by Crippen LogP contribution is -2.18. The Labute approximate surface area is 153 Å². The Morgan fingerprint density at radius 2 is 1.77 bits per heavy atom. The molecule has 0 saturated carbocycles. The number of carboxylic acid groups (broad SMARTS) is 1. The van der Waals surface area contributed by atoms with Gasteiger partial charge in [-0.1, -0.05) is 13.3 Å². The van der Waals surface area contributed by atoms with Gasteiger partial charge in [0.05, 0.1) is 0 Å². The Balaban J connectivity index is 3.25. The summed E-state index contributed by atoms with van der Waals surface area (Å²) in [6.45, 7) is 7.62. The molecule has 26 heavy (non-hydrogen) atoms. The van der Waals surface area contributed by atoms with E-state index in [1.54, 1.807) is 20.8 Å². The van der Waals surface area contributed by atoms with E-state index >= 15 is 0 Å². The summed E-state index contributed by atoms with van der Waals surface area (Å²) >= 11 is 0. The van der Waals surface area contributed by atoms with Crippen molar-refractivity contribution >= 4 is 17.8 Å². The van der Waals surface area contributed by atoms with Gasteiger partial charge >= 0.3 is 12.1 Å². The molecule has 7 nitrogen and oxygen atoms in total. The topological polar surface area (TPSA) is 122 Å². The second-order valence-corrected chi connectivity index (χ2v) is 6.26. The summed E-state index contributed by atoms with van der Waals surface area (Å²) in [7, 11) is 0. The molecule has 1 amide bonds. The summed E-state index contributed by atoms with van der Waals surface area (Å²) in [5, 5.41) is 19.4. The van der Waals surface area contributed by atoms with Gasteiger partial charge in [-0.3, -0.25) is 0 Å². The minimum Gasteiger partial charge on any atom is -0.507 e. The Hall–Kier alpha value is -2.41. The van der Waals surface area contributed by atoms with Crippen molar-refractivity contribution in [1.82, 2.24) is 0 Å². The zero-order valence-corrected chi connectivity index (χ0v) is 15.9. The van der Waals surface area contributed by atoms with Crippen LogP contribution in [0, 0.1) is 20.8 Å². The van der Waals surface area contributed by atoms with Gasteiger partial charge in [-0.25, -0.2) is 9.59 Å². The van der Waals surface area contributed by atoms with Crippen molar-refractivity contribution in [3.8, 4) is 11.5 Å². The Morgan fingerprint density at radius 1 is 1.12 bits per heavy atom. The number of aliphatic imine (C=N–C) groups is 1. The lowest BCUT2D eigenvalue weighted by Gasteiger charge is -2.18. The molecule has 7 heteroatoms. The van der Waals surface area contributed by atoms with Gasteiger partial charge in [0.2, 0.25) is 0 Å². The molecule has 0 aromatic heterocycles. The maximum absolute atomic E-state index is 12.2. The molecule has 1 aromatic carbocycles. The summed E-state index contributed by atoms with van der Waals surface area (Å²) in [5.74, 6) is -0.731. The number of hydrogen-bond acceptors (Lipinski definition) is 5. The third kappa shape index (κ3) is 5.29. The van der Waals surface area contributed by atoms with Crippen LogP contribution in [0.1, 0.15) is 54.9 Å². The van der Waals surface area contributed by atoms with Crippen LogP contribution in [0.4, 0.5) is 4.79 Å². The van der Waals surface area contributed by atoms with Crippen LogP contribution in [0.15, 0.2) is 4.99 Å². The van der Waals surface area contributed by atoms with Gasteiger partial charge in [0.25, 0.3) is 0 Å². The molecule has 0 spiro atoms. The van der Waals surface area contributed by atoms with Gasteiger partial charge in [-0.2, -0.15) is 4.99 Å². The summed E-state index contributed by atoms with van der Waals surface area (Å²) in [6.07, 6.45) is 1.98.